The molecule has 1 saturated heterocycles. The van der Waals surface area contributed by atoms with Crippen molar-refractivity contribution in [3.05, 3.63) is 18.0 Å². The molecule has 0 radical (unpaired) electrons. The molecule has 2 heterocycles. The van der Waals surface area contributed by atoms with Crippen LogP contribution >= 0.6 is 0 Å². The second kappa shape index (κ2) is 8.04. The van der Waals surface area contributed by atoms with Gasteiger partial charge in [-0.1, -0.05) is 0 Å². The summed E-state index contributed by atoms with van der Waals surface area (Å²) in [5.41, 5.74) is 1.07. The summed E-state index contributed by atoms with van der Waals surface area (Å²) in [7, 11) is 0. The zero-order valence-corrected chi connectivity index (χ0v) is 11.2. The molecule has 1 aliphatic rings. The summed E-state index contributed by atoms with van der Waals surface area (Å²) < 4.78 is 5.16. The average molecular weight is 266 g/mol. The van der Waals surface area contributed by atoms with Crippen LogP contribution in [0.1, 0.15) is 18.4 Å². The molecule has 1 aromatic rings. The molecule has 0 atom stereocenters. The van der Waals surface area contributed by atoms with E-state index in [0.717, 1.165) is 37.7 Å². The minimum atomic E-state index is 0.0752. The van der Waals surface area contributed by atoms with E-state index in [-0.39, 0.29) is 6.61 Å². The standard InChI is InChI=1S/C13H22N4O2/c18-6-8-19-7-3-14-9-12-10-15-13(16-11-12)17-4-1-2-5-17/h10-11,14,18H,1-9H2. The zero-order chi connectivity index (χ0) is 13.3. The fourth-order valence-electron chi connectivity index (χ4n) is 2.06. The minimum Gasteiger partial charge on any atom is -0.394 e. The van der Waals surface area contributed by atoms with Crippen LogP contribution in [0.2, 0.25) is 0 Å². The SMILES string of the molecule is OCCOCCNCc1cnc(N2CCCC2)nc1. The van der Waals surface area contributed by atoms with E-state index < -0.39 is 0 Å². The van der Waals surface area contributed by atoms with Gasteiger partial charge in [0.15, 0.2) is 0 Å². The van der Waals surface area contributed by atoms with Gasteiger partial charge in [-0.05, 0) is 12.8 Å². The smallest absolute Gasteiger partial charge is 0.225 e. The lowest BCUT2D eigenvalue weighted by Gasteiger charge is -2.14. The molecule has 6 nitrogen and oxygen atoms in total. The van der Waals surface area contributed by atoms with E-state index >= 15 is 0 Å². The van der Waals surface area contributed by atoms with Crippen LogP contribution in [-0.4, -0.2) is 54.5 Å². The zero-order valence-electron chi connectivity index (χ0n) is 11.2. The minimum absolute atomic E-state index is 0.0752. The Balaban J connectivity index is 1.67. The molecule has 19 heavy (non-hydrogen) atoms. The maximum Gasteiger partial charge on any atom is 0.225 e. The van der Waals surface area contributed by atoms with Crippen molar-refractivity contribution in [1.82, 2.24) is 15.3 Å². The maximum absolute atomic E-state index is 8.55. The van der Waals surface area contributed by atoms with Crippen LogP contribution < -0.4 is 10.2 Å². The van der Waals surface area contributed by atoms with Gasteiger partial charge in [0.25, 0.3) is 0 Å². The van der Waals surface area contributed by atoms with Crippen LogP contribution in [0.15, 0.2) is 12.4 Å². The van der Waals surface area contributed by atoms with Gasteiger partial charge < -0.3 is 20.1 Å². The number of hydrogen-bond acceptors (Lipinski definition) is 6. The highest BCUT2D eigenvalue weighted by Gasteiger charge is 2.14. The highest BCUT2D eigenvalue weighted by Crippen LogP contribution is 2.14. The number of aliphatic hydroxyl groups is 1. The largest absolute Gasteiger partial charge is 0.394 e. The van der Waals surface area contributed by atoms with Crippen molar-refractivity contribution in [2.45, 2.75) is 19.4 Å². The van der Waals surface area contributed by atoms with Crippen molar-refractivity contribution in [2.75, 3.05) is 44.4 Å². The molecule has 0 spiro atoms. The summed E-state index contributed by atoms with van der Waals surface area (Å²) in [6.45, 7) is 4.71. The predicted molar refractivity (Wildman–Crippen MR) is 73.1 cm³/mol. The van der Waals surface area contributed by atoms with Crippen molar-refractivity contribution < 1.29 is 9.84 Å². The van der Waals surface area contributed by atoms with Gasteiger partial charge in [0.2, 0.25) is 5.95 Å². The normalized spacial score (nSPS) is 15.1. The monoisotopic (exact) mass is 266 g/mol. The van der Waals surface area contributed by atoms with Crippen molar-refractivity contribution in [3.8, 4) is 0 Å². The van der Waals surface area contributed by atoms with E-state index in [1.807, 2.05) is 12.4 Å². The number of rotatable bonds is 8. The fourth-order valence-corrected chi connectivity index (χ4v) is 2.06. The summed E-state index contributed by atoms with van der Waals surface area (Å²) in [5, 5.41) is 11.8. The van der Waals surface area contributed by atoms with E-state index in [4.69, 9.17) is 9.84 Å². The molecule has 0 saturated carbocycles. The summed E-state index contributed by atoms with van der Waals surface area (Å²) >= 11 is 0. The summed E-state index contributed by atoms with van der Waals surface area (Å²) in [6, 6.07) is 0. The van der Waals surface area contributed by atoms with Gasteiger partial charge >= 0.3 is 0 Å². The molecule has 2 N–H and O–H groups in total. The Labute approximate surface area is 113 Å². The molecule has 1 fully saturated rings. The van der Waals surface area contributed by atoms with E-state index in [9.17, 15) is 0 Å². The van der Waals surface area contributed by atoms with Crippen LogP contribution in [0.4, 0.5) is 5.95 Å². The molecule has 1 aromatic heterocycles. The maximum atomic E-state index is 8.55. The Hall–Kier alpha value is -1.24. The Morgan fingerprint density at radius 3 is 2.63 bits per heavy atom. The third-order valence-corrected chi connectivity index (χ3v) is 3.07. The number of nitrogens with one attached hydrogen (secondary N) is 1. The molecular weight excluding hydrogens is 244 g/mol. The van der Waals surface area contributed by atoms with Crippen LogP contribution in [-0.2, 0) is 11.3 Å². The average Bonchev–Trinajstić information content (AvgIpc) is 2.97. The predicted octanol–water partition coefficient (Wildman–Crippen LogP) is 0.175. The quantitative estimate of drug-likeness (QED) is 0.654. The molecule has 6 heteroatoms. The molecule has 0 aromatic carbocycles. The molecule has 106 valence electrons. The fraction of sp³-hybridized carbons (Fsp3) is 0.692. The van der Waals surface area contributed by atoms with Gasteiger partial charge in [-0.15, -0.1) is 0 Å². The van der Waals surface area contributed by atoms with Crippen molar-refractivity contribution in [3.63, 3.8) is 0 Å². The van der Waals surface area contributed by atoms with Crippen LogP contribution in [0.5, 0.6) is 0 Å². The summed E-state index contributed by atoms with van der Waals surface area (Å²) in [6.07, 6.45) is 6.23. The first-order chi connectivity index (χ1) is 9.40. The van der Waals surface area contributed by atoms with Gasteiger partial charge in [0.05, 0.1) is 19.8 Å². The number of nitrogens with zero attached hydrogens (tertiary/aromatic N) is 3. The van der Waals surface area contributed by atoms with Crippen LogP contribution in [0, 0.1) is 0 Å². The lowest BCUT2D eigenvalue weighted by atomic mass is 10.3. The molecule has 2 rings (SSSR count). The van der Waals surface area contributed by atoms with Crippen LogP contribution in [0.25, 0.3) is 0 Å². The third kappa shape index (κ3) is 4.74. The topological polar surface area (TPSA) is 70.5 Å². The molecule has 0 bridgehead atoms. The summed E-state index contributed by atoms with van der Waals surface area (Å²) in [5.74, 6) is 0.840. The first-order valence-electron chi connectivity index (χ1n) is 6.85. The van der Waals surface area contributed by atoms with Gasteiger partial charge in [-0.3, -0.25) is 0 Å². The van der Waals surface area contributed by atoms with E-state index in [2.05, 4.69) is 20.2 Å². The number of anilines is 1. The Bertz CT molecular complexity index is 352. The van der Waals surface area contributed by atoms with E-state index in [1.54, 1.807) is 0 Å². The number of hydrogen-bond donors (Lipinski definition) is 2. The molecule has 0 unspecified atom stereocenters. The van der Waals surface area contributed by atoms with Gasteiger partial charge in [-0.2, -0.15) is 0 Å². The summed E-state index contributed by atoms with van der Waals surface area (Å²) in [4.78, 5) is 11.0. The second-order valence-electron chi connectivity index (χ2n) is 4.60. The third-order valence-electron chi connectivity index (χ3n) is 3.07. The number of aliphatic hydroxyl groups excluding tert-OH is 1. The Kier molecular flexibility index (Phi) is 6.00. The van der Waals surface area contributed by atoms with Gasteiger partial charge in [-0.25, -0.2) is 9.97 Å². The second-order valence-corrected chi connectivity index (χ2v) is 4.60. The van der Waals surface area contributed by atoms with Gasteiger partial charge in [0, 0.05) is 44.1 Å². The van der Waals surface area contributed by atoms with Gasteiger partial charge in [0.1, 0.15) is 0 Å². The van der Waals surface area contributed by atoms with E-state index in [0.29, 0.717) is 13.2 Å². The van der Waals surface area contributed by atoms with E-state index in [1.165, 1.54) is 12.8 Å². The Morgan fingerprint density at radius 2 is 1.95 bits per heavy atom. The Morgan fingerprint density at radius 1 is 1.21 bits per heavy atom. The molecule has 1 aliphatic heterocycles. The molecular formula is C13H22N4O2. The first kappa shape index (κ1) is 14.2. The molecule has 0 aliphatic carbocycles. The van der Waals surface area contributed by atoms with Crippen molar-refractivity contribution in [1.29, 1.82) is 0 Å². The highest BCUT2D eigenvalue weighted by atomic mass is 16.5. The van der Waals surface area contributed by atoms with Crippen molar-refractivity contribution in [2.24, 2.45) is 0 Å². The first-order valence-corrected chi connectivity index (χ1v) is 6.85. The molecule has 0 amide bonds. The number of ether oxygens (including phenoxy) is 1. The highest BCUT2D eigenvalue weighted by molar-refractivity contribution is 5.30. The number of aromatic nitrogens is 2. The lowest BCUT2D eigenvalue weighted by molar-refractivity contribution is 0.0938. The van der Waals surface area contributed by atoms with Crippen molar-refractivity contribution >= 4 is 5.95 Å². The lowest BCUT2D eigenvalue weighted by Crippen LogP contribution is -2.22. The van der Waals surface area contributed by atoms with Crippen LogP contribution in [0.3, 0.4) is 0 Å².